The van der Waals surface area contributed by atoms with E-state index in [-0.39, 0.29) is 23.2 Å². The summed E-state index contributed by atoms with van der Waals surface area (Å²) in [6, 6.07) is 3.34. The number of aliphatic hydroxyl groups excluding tert-OH is 1. The van der Waals surface area contributed by atoms with E-state index in [4.69, 9.17) is 0 Å². The van der Waals surface area contributed by atoms with Gasteiger partial charge < -0.3 is 5.11 Å². The lowest BCUT2D eigenvalue weighted by atomic mass is 9.86. The zero-order valence-electron chi connectivity index (χ0n) is 12.6. The molecule has 2 atom stereocenters. The molecule has 1 saturated carbocycles. The van der Waals surface area contributed by atoms with Crippen molar-refractivity contribution in [1.82, 2.24) is 4.72 Å². The first-order valence-corrected chi connectivity index (χ1v) is 8.56. The third kappa shape index (κ3) is 3.13. The standard InChI is InChI=1S/C14H20N2O5S/c1-10-8-11(16(18)19)5-6-12(10)22(20,21)15-13-4-3-7-14(13,2)9-17/h5-6,8,13,15,17H,3-4,7,9H2,1-2H3. The van der Waals surface area contributed by atoms with Gasteiger partial charge in [0.2, 0.25) is 10.0 Å². The number of sulfonamides is 1. The van der Waals surface area contributed by atoms with Crippen molar-refractivity contribution in [3.8, 4) is 0 Å². The van der Waals surface area contributed by atoms with E-state index >= 15 is 0 Å². The van der Waals surface area contributed by atoms with Crippen LogP contribution in [0.15, 0.2) is 23.1 Å². The van der Waals surface area contributed by atoms with Gasteiger partial charge in [0, 0.05) is 30.2 Å². The number of rotatable bonds is 5. The molecule has 0 aliphatic heterocycles. The van der Waals surface area contributed by atoms with E-state index in [1.807, 2.05) is 6.92 Å². The SMILES string of the molecule is Cc1cc([N+](=O)[O-])ccc1S(=O)(=O)NC1CCCC1(C)CO. The van der Waals surface area contributed by atoms with Crippen molar-refractivity contribution >= 4 is 15.7 Å². The minimum atomic E-state index is -3.78. The maximum absolute atomic E-state index is 12.5. The van der Waals surface area contributed by atoms with E-state index in [2.05, 4.69) is 4.72 Å². The number of hydrogen-bond donors (Lipinski definition) is 2. The maximum Gasteiger partial charge on any atom is 0.269 e. The number of benzene rings is 1. The van der Waals surface area contributed by atoms with Gasteiger partial charge in [-0.25, -0.2) is 13.1 Å². The number of nitrogens with one attached hydrogen (secondary N) is 1. The molecule has 0 radical (unpaired) electrons. The predicted molar refractivity (Wildman–Crippen MR) is 81.0 cm³/mol. The first-order valence-electron chi connectivity index (χ1n) is 7.08. The van der Waals surface area contributed by atoms with Gasteiger partial charge in [0.15, 0.2) is 0 Å². The number of nitro groups is 1. The fraction of sp³-hybridized carbons (Fsp3) is 0.571. The highest BCUT2D eigenvalue weighted by Gasteiger charge is 2.40. The fourth-order valence-electron chi connectivity index (χ4n) is 2.92. The molecular formula is C14H20N2O5S. The number of aryl methyl sites for hydroxylation is 1. The first kappa shape index (κ1) is 16.9. The van der Waals surface area contributed by atoms with Gasteiger partial charge in [-0.2, -0.15) is 0 Å². The van der Waals surface area contributed by atoms with Gasteiger partial charge in [0.05, 0.1) is 9.82 Å². The summed E-state index contributed by atoms with van der Waals surface area (Å²) in [5, 5.41) is 20.2. The number of hydrogen-bond acceptors (Lipinski definition) is 5. The molecule has 1 aliphatic rings. The summed E-state index contributed by atoms with van der Waals surface area (Å²) < 4.78 is 27.7. The molecule has 2 N–H and O–H groups in total. The quantitative estimate of drug-likeness (QED) is 0.632. The summed E-state index contributed by atoms with van der Waals surface area (Å²) in [5.74, 6) is 0. The monoisotopic (exact) mass is 328 g/mol. The highest BCUT2D eigenvalue weighted by Crippen LogP contribution is 2.38. The summed E-state index contributed by atoms with van der Waals surface area (Å²) >= 11 is 0. The van der Waals surface area contributed by atoms with Crippen LogP contribution in [0.4, 0.5) is 5.69 Å². The molecule has 1 aromatic rings. The Morgan fingerprint density at radius 2 is 2.18 bits per heavy atom. The van der Waals surface area contributed by atoms with E-state index < -0.39 is 20.4 Å². The smallest absolute Gasteiger partial charge is 0.269 e. The molecule has 8 heteroatoms. The van der Waals surface area contributed by atoms with Crippen LogP contribution in [0.5, 0.6) is 0 Å². The van der Waals surface area contributed by atoms with Crippen LogP contribution in [0.2, 0.25) is 0 Å². The van der Waals surface area contributed by atoms with Crippen LogP contribution < -0.4 is 4.72 Å². The normalized spacial score (nSPS) is 25.3. The van der Waals surface area contributed by atoms with Crippen molar-refractivity contribution in [3.05, 3.63) is 33.9 Å². The number of non-ortho nitro benzene ring substituents is 1. The van der Waals surface area contributed by atoms with Gasteiger partial charge >= 0.3 is 0 Å². The molecule has 2 rings (SSSR count). The fourth-order valence-corrected chi connectivity index (χ4v) is 4.56. The molecule has 1 aliphatic carbocycles. The minimum absolute atomic E-state index is 0.0327. The lowest BCUT2D eigenvalue weighted by molar-refractivity contribution is -0.385. The molecule has 1 fully saturated rings. The van der Waals surface area contributed by atoms with Crippen molar-refractivity contribution in [3.63, 3.8) is 0 Å². The largest absolute Gasteiger partial charge is 0.396 e. The van der Waals surface area contributed by atoms with Crippen molar-refractivity contribution in [2.75, 3.05) is 6.61 Å². The summed E-state index contributed by atoms with van der Waals surface area (Å²) in [4.78, 5) is 10.2. The van der Waals surface area contributed by atoms with Gasteiger partial charge in [0.25, 0.3) is 5.69 Å². The molecular weight excluding hydrogens is 308 g/mol. The third-order valence-electron chi connectivity index (χ3n) is 4.40. The maximum atomic E-state index is 12.5. The molecule has 0 spiro atoms. The van der Waals surface area contributed by atoms with E-state index in [9.17, 15) is 23.6 Å². The second-order valence-electron chi connectivity index (χ2n) is 6.09. The molecule has 0 amide bonds. The zero-order chi connectivity index (χ0) is 16.5. The highest BCUT2D eigenvalue weighted by molar-refractivity contribution is 7.89. The number of aliphatic hydroxyl groups is 1. The van der Waals surface area contributed by atoms with Crippen LogP contribution in [0.3, 0.4) is 0 Å². The van der Waals surface area contributed by atoms with Gasteiger partial charge in [-0.15, -0.1) is 0 Å². The number of nitrogens with zero attached hydrogens (tertiary/aromatic N) is 1. The van der Waals surface area contributed by atoms with Crippen molar-refractivity contribution in [2.24, 2.45) is 5.41 Å². The zero-order valence-corrected chi connectivity index (χ0v) is 13.4. The Kier molecular flexibility index (Phi) is 4.55. The third-order valence-corrected chi connectivity index (χ3v) is 6.03. The van der Waals surface area contributed by atoms with E-state index in [0.29, 0.717) is 12.0 Å². The van der Waals surface area contributed by atoms with Crippen molar-refractivity contribution < 1.29 is 18.4 Å². The molecule has 1 aromatic carbocycles. The summed E-state index contributed by atoms with van der Waals surface area (Å²) in [7, 11) is -3.78. The molecule has 0 saturated heterocycles. The Morgan fingerprint density at radius 1 is 1.50 bits per heavy atom. The second kappa shape index (κ2) is 5.94. The van der Waals surface area contributed by atoms with E-state index in [0.717, 1.165) is 12.8 Å². The van der Waals surface area contributed by atoms with Gasteiger partial charge in [-0.05, 0) is 31.4 Å². The van der Waals surface area contributed by atoms with Crippen molar-refractivity contribution in [2.45, 2.75) is 44.0 Å². The van der Waals surface area contributed by atoms with Crippen LogP contribution in [-0.2, 0) is 10.0 Å². The summed E-state index contributed by atoms with van der Waals surface area (Å²) in [6.45, 7) is 3.30. The minimum Gasteiger partial charge on any atom is -0.396 e. The molecule has 2 unspecified atom stereocenters. The Bertz CT molecular complexity index is 688. The van der Waals surface area contributed by atoms with Gasteiger partial charge in [-0.1, -0.05) is 13.3 Å². The average molecular weight is 328 g/mol. The molecule has 22 heavy (non-hydrogen) atoms. The summed E-state index contributed by atoms with van der Waals surface area (Å²) in [5.41, 5.74) is -0.287. The van der Waals surface area contributed by atoms with Crippen LogP contribution in [0.25, 0.3) is 0 Å². The molecule has 122 valence electrons. The van der Waals surface area contributed by atoms with Gasteiger partial charge in [0.1, 0.15) is 0 Å². The van der Waals surface area contributed by atoms with E-state index in [1.165, 1.54) is 25.1 Å². The molecule has 7 nitrogen and oxygen atoms in total. The number of nitro benzene ring substituents is 1. The Labute approximate surface area is 129 Å². The summed E-state index contributed by atoms with van der Waals surface area (Å²) in [6.07, 6.45) is 2.28. The van der Waals surface area contributed by atoms with Crippen molar-refractivity contribution in [1.29, 1.82) is 0 Å². The Balaban J connectivity index is 2.30. The predicted octanol–water partition coefficient (Wildman–Crippen LogP) is 1.73. The van der Waals surface area contributed by atoms with Crippen LogP contribution >= 0.6 is 0 Å². The average Bonchev–Trinajstić information content (AvgIpc) is 2.79. The van der Waals surface area contributed by atoms with Crippen LogP contribution in [0.1, 0.15) is 31.7 Å². The Hall–Kier alpha value is -1.51. The van der Waals surface area contributed by atoms with Gasteiger partial charge in [-0.3, -0.25) is 10.1 Å². The molecule has 0 aromatic heterocycles. The first-order chi connectivity index (χ1) is 10.2. The van der Waals surface area contributed by atoms with Crippen LogP contribution in [-0.4, -0.2) is 31.1 Å². The molecule has 0 bridgehead atoms. The lowest BCUT2D eigenvalue weighted by Gasteiger charge is -2.30. The van der Waals surface area contributed by atoms with E-state index in [1.54, 1.807) is 0 Å². The molecule has 0 heterocycles. The highest BCUT2D eigenvalue weighted by atomic mass is 32.2. The topological polar surface area (TPSA) is 110 Å². The second-order valence-corrected chi connectivity index (χ2v) is 7.77. The lowest BCUT2D eigenvalue weighted by Crippen LogP contribution is -2.44. The van der Waals surface area contributed by atoms with Crippen LogP contribution in [0, 0.1) is 22.5 Å². The Morgan fingerprint density at radius 3 is 2.73 bits per heavy atom.